The van der Waals surface area contributed by atoms with Crippen LogP contribution < -0.4 is 5.32 Å². The molecule has 1 saturated heterocycles. The van der Waals surface area contributed by atoms with Gasteiger partial charge in [0.1, 0.15) is 6.04 Å². The molecule has 2 aromatic carbocycles. The lowest BCUT2D eigenvalue weighted by Crippen LogP contribution is -2.49. The molecule has 0 saturated carbocycles. The number of nitrogens with zero attached hydrogens (tertiary/aromatic N) is 1. The normalized spacial score (nSPS) is 14.8. The van der Waals surface area contributed by atoms with Crippen LogP contribution >= 0.6 is 11.6 Å². The number of hydrogen-bond acceptors (Lipinski definition) is 2. The molecule has 1 aliphatic heterocycles. The van der Waals surface area contributed by atoms with E-state index >= 15 is 0 Å². The van der Waals surface area contributed by atoms with Crippen LogP contribution in [0.1, 0.15) is 36.1 Å². The summed E-state index contributed by atoms with van der Waals surface area (Å²) in [6, 6.07) is 12.4. The van der Waals surface area contributed by atoms with Gasteiger partial charge in [-0.15, -0.1) is 0 Å². The zero-order valence-electron chi connectivity index (χ0n) is 14.4. The first-order valence-corrected chi connectivity index (χ1v) is 8.84. The molecule has 2 amide bonds. The van der Waals surface area contributed by atoms with E-state index in [1.165, 1.54) is 0 Å². The molecule has 1 heterocycles. The Morgan fingerprint density at radius 1 is 1.24 bits per heavy atom. The van der Waals surface area contributed by atoms with Crippen LogP contribution in [0, 0.1) is 6.92 Å². The summed E-state index contributed by atoms with van der Waals surface area (Å²) in [5.41, 5.74) is 3.54. The van der Waals surface area contributed by atoms with Crippen molar-refractivity contribution in [2.75, 3.05) is 11.9 Å². The molecule has 2 aromatic rings. The van der Waals surface area contributed by atoms with Crippen molar-refractivity contribution in [3.8, 4) is 0 Å². The van der Waals surface area contributed by atoms with Gasteiger partial charge < -0.3 is 10.2 Å². The molecule has 3 rings (SSSR count). The van der Waals surface area contributed by atoms with Crippen LogP contribution in [-0.2, 0) is 16.0 Å². The van der Waals surface area contributed by atoms with Gasteiger partial charge in [0.05, 0.1) is 0 Å². The molecule has 0 spiro atoms. The van der Waals surface area contributed by atoms with Crippen molar-refractivity contribution in [1.82, 2.24) is 4.90 Å². The topological polar surface area (TPSA) is 49.4 Å². The number of para-hydroxylation sites is 1. The molecule has 1 N–H and O–H groups in total. The number of hydrogen-bond donors (Lipinski definition) is 1. The summed E-state index contributed by atoms with van der Waals surface area (Å²) in [5.74, 6) is -0.259. The molecule has 1 aliphatic rings. The van der Waals surface area contributed by atoms with Crippen LogP contribution in [0.2, 0.25) is 5.02 Å². The summed E-state index contributed by atoms with van der Waals surface area (Å²) in [6.45, 7) is 4.58. The molecule has 4 nitrogen and oxygen atoms in total. The van der Waals surface area contributed by atoms with Gasteiger partial charge in [-0.1, -0.05) is 54.9 Å². The molecule has 1 atom stereocenters. The van der Waals surface area contributed by atoms with Crippen molar-refractivity contribution in [2.24, 2.45) is 0 Å². The molecule has 1 unspecified atom stereocenters. The first-order valence-electron chi connectivity index (χ1n) is 8.46. The average Bonchev–Trinajstić information content (AvgIpc) is 2.60. The van der Waals surface area contributed by atoms with Crippen LogP contribution in [0.25, 0.3) is 0 Å². The Bertz CT molecular complexity index is 819. The number of carbonyl (C=O) groups is 2. The van der Waals surface area contributed by atoms with Crippen LogP contribution in [0.4, 0.5) is 5.69 Å². The van der Waals surface area contributed by atoms with E-state index in [1.54, 1.807) is 17.0 Å². The minimum absolute atomic E-state index is 0.0273. The van der Waals surface area contributed by atoms with Gasteiger partial charge in [0.2, 0.25) is 5.91 Å². The van der Waals surface area contributed by atoms with Gasteiger partial charge in [0.25, 0.3) is 5.91 Å². The number of rotatable bonds is 5. The maximum Gasteiger partial charge on any atom is 0.251 e. The molecular weight excluding hydrogens is 336 g/mol. The second kappa shape index (κ2) is 7.28. The van der Waals surface area contributed by atoms with E-state index in [-0.39, 0.29) is 11.8 Å². The molecular formula is C20H21ClN2O2. The van der Waals surface area contributed by atoms with Crippen molar-refractivity contribution in [3.05, 3.63) is 64.2 Å². The number of aryl methyl sites for hydroxylation is 2. The summed E-state index contributed by atoms with van der Waals surface area (Å²) in [7, 11) is 0. The third kappa shape index (κ3) is 3.40. The highest BCUT2D eigenvalue weighted by Crippen LogP contribution is 2.33. The van der Waals surface area contributed by atoms with Crippen molar-refractivity contribution < 1.29 is 9.59 Å². The van der Waals surface area contributed by atoms with E-state index in [9.17, 15) is 9.59 Å². The molecule has 130 valence electrons. The Morgan fingerprint density at radius 3 is 2.60 bits per heavy atom. The summed E-state index contributed by atoms with van der Waals surface area (Å²) in [6.07, 6.45) is 1.29. The number of β-lactam (4-membered cyclic amide) rings is 1. The van der Waals surface area contributed by atoms with Crippen molar-refractivity contribution in [1.29, 1.82) is 0 Å². The number of halogens is 1. The Kier molecular flexibility index (Phi) is 5.09. The Hall–Kier alpha value is -2.33. The van der Waals surface area contributed by atoms with E-state index in [0.717, 1.165) is 23.2 Å². The zero-order valence-corrected chi connectivity index (χ0v) is 15.1. The van der Waals surface area contributed by atoms with E-state index in [2.05, 4.69) is 12.2 Å². The molecule has 25 heavy (non-hydrogen) atoms. The molecule has 0 bridgehead atoms. The number of carbonyl (C=O) groups excluding carboxylic acids is 2. The predicted octanol–water partition coefficient (Wildman–Crippen LogP) is 4.12. The van der Waals surface area contributed by atoms with Crippen molar-refractivity contribution >= 4 is 29.1 Å². The van der Waals surface area contributed by atoms with E-state index in [4.69, 9.17) is 11.6 Å². The van der Waals surface area contributed by atoms with Gasteiger partial charge in [0, 0.05) is 29.2 Å². The Morgan fingerprint density at radius 2 is 2.00 bits per heavy atom. The lowest BCUT2D eigenvalue weighted by molar-refractivity contribution is -0.147. The first kappa shape index (κ1) is 17.5. The fourth-order valence-electron chi connectivity index (χ4n) is 3.15. The number of benzene rings is 2. The second-order valence-corrected chi connectivity index (χ2v) is 6.62. The van der Waals surface area contributed by atoms with Crippen molar-refractivity contribution in [2.45, 2.75) is 32.7 Å². The molecule has 0 aliphatic carbocycles. The van der Waals surface area contributed by atoms with Crippen LogP contribution in [0.5, 0.6) is 0 Å². The lowest BCUT2D eigenvalue weighted by Gasteiger charge is -2.38. The van der Waals surface area contributed by atoms with Gasteiger partial charge in [-0.25, -0.2) is 0 Å². The maximum atomic E-state index is 13.1. The number of amides is 2. The number of anilines is 1. The second-order valence-electron chi connectivity index (χ2n) is 6.21. The first-order chi connectivity index (χ1) is 12.0. The minimum Gasteiger partial charge on any atom is -0.326 e. The van der Waals surface area contributed by atoms with E-state index < -0.39 is 6.04 Å². The highest BCUT2D eigenvalue weighted by Gasteiger charge is 2.37. The Labute approximate surface area is 152 Å². The number of nitrogens with one attached hydrogen (secondary N) is 1. The fourth-order valence-corrected chi connectivity index (χ4v) is 3.39. The fraction of sp³-hybridized carbons (Fsp3) is 0.300. The highest BCUT2D eigenvalue weighted by atomic mass is 35.5. The van der Waals surface area contributed by atoms with Crippen LogP contribution in [0.3, 0.4) is 0 Å². The van der Waals surface area contributed by atoms with Crippen LogP contribution in [0.15, 0.2) is 42.5 Å². The van der Waals surface area contributed by atoms with Gasteiger partial charge in [0.15, 0.2) is 0 Å². The summed E-state index contributed by atoms with van der Waals surface area (Å²) in [5, 5.41) is 3.52. The molecule has 0 aromatic heterocycles. The monoisotopic (exact) mass is 356 g/mol. The average molecular weight is 357 g/mol. The lowest BCUT2D eigenvalue weighted by atomic mass is 9.99. The molecule has 0 radical (unpaired) electrons. The standard InChI is InChI=1S/C20H21ClN2O2/c1-3-14-8-6-7-13(2)18(14)22-20(25)19(23-12-11-17(23)24)15-9-4-5-10-16(15)21/h4-10,19H,3,11-12H2,1-2H3,(H,22,25). The third-order valence-electron chi connectivity index (χ3n) is 4.63. The largest absolute Gasteiger partial charge is 0.326 e. The third-order valence-corrected chi connectivity index (χ3v) is 4.98. The van der Waals surface area contributed by atoms with Crippen LogP contribution in [-0.4, -0.2) is 23.3 Å². The van der Waals surface area contributed by atoms with Gasteiger partial charge in [-0.3, -0.25) is 9.59 Å². The molecule has 5 heteroatoms. The van der Waals surface area contributed by atoms with E-state index in [0.29, 0.717) is 23.6 Å². The minimum atomic E-state index is -0.709. The highest BCUT2D eigenvalue weighted by molar-refractivity contribution is 6.31. The maximum absolute atomic E-state index is 13.1. The van der Waals surface area contributed by atoms with Gasteiger partial charge in [-0.05, 0) is 30.5 Å². The number of likely N-dealkylation sites (tertiary alicyclic amines) is 1. The predicted molar refractivity (Wildman–Crippen MR) is 99.7 cm³/mol. The van der Waals surface area contributed by atoms with Crippen molar-refractivity contribution in [3.63, 3.8) is 0 Å². The van der Waals surface area contributed by atoms with E-state index in [1.807, 2.05) is 37.3 Å². The SMILES string of the molecule is CCc1cccc(C)c1NC(=O)C(c1ccccc1Cl)N1CCC1=O. The summed E-state index contributed by atoms with van der Waals surface area (Å²) in [4.78, 5) is 26.7. The van der Waals surface area contributed by atoms with Gasteiger partial charge >= 0.3 is 0 Å². The smallest absolute Gasteiger partial charge is 0.251 e. The summed E-state index contributed by atoms with van der Waals surface area (Å²) < 4.78 is 0. The molecule has 1 fully saturated rings. The zero-order chi connectivity index (χ0) is 18.0. The Balaban J connectivity index is 1.96. The summed E-state index contributed by atoms with van der Waals surface area (Å²) >= 11 is 6.31. The quantitative estimate of drug-likeness (QED) is 0.819. The van der Waals surface area contributed by atoms with Gasteiger partial charge in [-0.2, -0.15) is 0 Å².